The molecule has 3 unspecified atom stereocenters. The number of aryl methyl sites for hydroxylation is 1. The van der Waals surface area contributed by atoms with Crippen molar-refractivity contribution in [2.75, 3.05) is 20.5 Å². The van der Waals surface area contributed by atoms with Gasteiger partial charge in [-0.05, 0) is 48.9 Å². The monoisotopic (exact) mass is 434 g/mol. The van der Waals surface area contributed by atoms with Crippen LogP contribution >= 0.6 is 11.8 Å². The highest BCUT2D eigenvalue weighted by molar-refractivity contribution is 7.99. The highest BCUT2D eigenvalue weighted by Gasteiger charge is 2.44. The first-order chi connectivity index (χ1) is 15.2. The predicted molar refractivity (Wildman–Crippen MR) is 125 cm³/mol. The second kappa shape index (κ2) is 9.46. The molecule has 2 aliphatic rings. The van der Waals surface area contributed by atoms with Gasteiger partial charge in [0.1, 0.15) is 5.92 Å². The zero-order valence-corrected chi connectivity index (χ0v) is 18.7. The summed E-state index contributed by atoms with van der Waals surface area (Å²) < 4.78 is 10.9. The lowest BCUT2D eigenvalue weighted by atomic mass is 10.0. The summed E-state index contributed by atoms with van der Waals surface area (Å²) in [6.45, 7) is 0. The fraction of sp³-hybridized carbons (Fsp3) is 0.333. The number of hydrazine groups is 1. The van der Waals surface area contributed by atoms with E-state index in [0.717, 1.165) is 29.8 Å². The molecule has 0 radical (unpaired) electrons. The summed E-state index contributed by atoms with van der Waals surface area (Å²) in [7, 11) is 3.26. The van der Waals surface area contributed by atoms with E-state index in [9.17, 15) is 5.26 Å². The molecule has 31 heavy (non-hydrogen) atoms. The van der Waals surface area contributed by atoms with Crippen molar-refractivity contribution in [1.29, 1.82) is 5.26 Å². The van der Waals surface area contributed by atoms with Gasteiger partial charge in [0.05, 0.1) is 31.4 Å². The Hall–Kier alpha value is -2.95. The van der Waals surface area contributed by atoms with E-state index in [4.69, 9.17) is 14.5 Å². The first kappa shape index (κ1) is 21.3. The molecule has 2 aliphatic heterocycles. The molecule has 0 amide bonds. The average molecular weight is 435 g/mol. The van der Waals surface area contributed by atoms with Crippen LogP contribution in [-0.2, 0) is 6.42 Å². The van der Waals surface area contributed by atoms with Gasteiger partial charge in [-0.3, -0.25) is 10.0 Å². The quantitative estimate of drug-likeness (QED) is 0.707. The maximum absolute atomic E-state index is 9.85. The predicted octanol–water partition coefficient (Wildman–Crippen LogP) is 4.11. The highest BCUT2D eigenvalue weighted by Crippen LogP contribution is 2.39. The molecule has 0 aromatic heterocycles. The summed E-state index contributed by atoms with van der Waals surface area (Å²) in [5, 5.41) is 11.9. The minimum atomic E-state index is -0.263. The van der Waals surface area contributed by atoms with E-state index in [1.165, 1.54) is 5.56 Å². The third-order valence-corrected chi connectivity index (χ3v) is 6.54. The van der Waals surface area contributed by atoms with E-state index in [2.05, 4.69) is 41.8 Å². The Kier molecular flexibility index (Phi) is 6.50. The van der Waals surface area contributed by atoms with E-state index in [1.54, 1.807) is 26.0 Å². The molecule has 0 saturated carbocycles. The molecule has 0 bridgehead atoms. The van der Waals surface area contributed by atoms with Gasteiger partial charge in [-0.2, -0.15) is 5.26 Å². The zero-order chi connectivity index (χ0) is 21.8. The molecule has 2 heterocycles. The second-order valence-electron chi connectivity index (χ2n) is 7.43. The lowest BCUT2D eigenvalue weighted by Gasteiger charge is -2.31. The number of thioether (sulfide) groups is 1. The number of methoxy groups -OCH3 is 2. The smallest absolute Gasteiger partial charge is 0.161 e. The zero-order valence-electron chi connectivity index (χ0n) is 17.9. The number of aliphatic imine (C=N–C) groups is 1. The summed E-state index contributed by atoms with van der Waals surface area (Å²) in [5.74, 6) is 1.11. The molecule has 4 rings (SSSR count). The van der Waals surface area contributed by atoms with Gasteiger partial charge >= 0.3 is 0 Å². The van der Waals surface area contributed by atoms with Crippen LogP contribution in [0.25, 0.3) is 5.70 Å². The van der Waals surface area contributed by atoms with Crippen molar-refractivity contribution in [1.82, 2.24) is 10.4 Å². The van der Waals surface area contributed by atoms with Crippen molar-refractivity contribution in [2.45, 2.75) is 24.4 Å². The van der Waals surface area contributed by atoms with Crippen molar-refractivity contribution in [3.8, 4) is 17.6 Å². The number of benzene rings is 2. The van der Waals surface area contributed by atoms with Crippen molar-refractivity contribution >= 4 is 23.2 Å². The fourth-order valence-electron chi connectivity index (χ4n) is 4.00. The minimum Gasteiger partial charge on any atom is -0.493 e. The van der Waals surface area contributed by atoms with Crippen molar-refractivity contribution < 1.29 is 9.47 Å². The average Bonchev–Trinajstić information content (AvgIpc) is 3.20. The van der Waals surface area contributed by atoms with Crippen LogP contribution in [0.5, 0.6) is 11.5 Å². The van der Waals surface area contributed by atoms with E-state index in [1.807, 2.05) is 35.5 Å². The van der Waals surface area contributed by atoms with Gasteiger partial charge in [-0.25, -0.2) is 5.43 Å². The molecule has 2 aromatic rings. The fourth-order valence-corrected chi connectivity index (χ4v) is 4.71. The van der Waals surface area contributed by atoms with Gasteiger partial charge in [-0.15, -0.1) is 11.8 Å². The molecule has 0 aliphatic carbocycles. The van der Waals surface area contributed by atoms with E-state index < -0.39 is 0 Å². The molecule has 3 atom stereocenters. The Balaban J connectivity index is 1.70. The molecule has 1 N–H and O–H groups in total. The lowest BCUT2D eigenvalue weighted by molar-refractivity contribution is 0.285. The topological polar surface area (TPSA) is 69.9 Å². The molecule has 6 nitrogen and oxygen atoms in total. The van der Waals surface area contributed by atoms with Crippen LogP contribution in [0.1, 0.15) is 17.5 Å². The van der Waals surface area contributed by atoms with E-state index in [-0.39, 0.29) is 17.5 Å². The molecule has 0 spiro atoms. The van der Waals surface area contributed by atoms with Crippen LogP contribution < -0.4 is 14.9 Å². The summed E-state index contributed by atoms with van der Waals surface area (Å²) in [6, 6.07) is 18.8. The number of fused-ring (bicyclic) bond motifs is 1. The maximum atomic E-state index is 9.85. The molecule has 160 valence electrons. The number of nitrogens with one attached hydrogen (secondary N) is 1. The van der Waals surface area contributed by atoms with Gasteiger partial charge < -0.3 is 9.47 Å². The van der Waals surface area contributed by atoms with Crippen LogP contribution in [0.2, 0.25) is 0 Å². The summed E-state index contributed by atoms with van der Waals surface area (Å²) in [6.07, 6.45) is 5.58. The normalized spacial score (nSPS) is 22.3. The third kappa shape index (κ3) is 4.27. The van der Waals surface area contributed by atoms with Crippen LogP contribution in [0.4, 0.5) is 0 Å². The third-order valence-electron chi connectivity index (χ3n) is 5.63. The molecular formula is C24H26N4O2S. The molecule has 1 saturated heterocycles. The summed E-state index contributed by atoms with van der Waals surface area (Å²) in [5.41, 5.74) is 7.73. The Morgan fingerprint density at radius 3 is 2.55 bits per heavy atom. The Labute approximate surface area is 187 Å². The van der Waals surface area contributed by atoms with Gasteiger partial charge in [0, 0.05) is 11.3 Å². The minimum absolute atomic E-state index is 0.0178. The molecule has 7 heteroatoms. The van der Waals surface area contributed by atoms with Crippen molar-refractivity contribution in [2.24, 2.45) is 10.9 Å². The van der Waals surface area contributed by atoms with Gasteiger partial charge in [0.15, 0.2) is 17.7 Å². The summed E-state index contributed by atoms with van der Waals surface area (Å²) in [4.78, 5) is 4.97. The summed E-state index contributed by atoms with van der Waals surface area (Å²) >= 11 is 1.64. The Morgan fingerprint density at radius 2 is 1.87 bits per heavy atom. The number of ether oxygens (including phenoxy) is 2. The molecule has 2 aromatic carbocycles. The standard InChI is InChI=1S/C24H26N4O2S/c1-29-21-12-10-17(13-22(21)30-2)20-14-18(11-9-16-7-5-4-6-8-16)26-23-19(15-25)24(31-3)27-28(20)23/h4-8,10,12-14,19,23-24,27H,9,11H2,1-3H3. The Bertz CT molecular complexity index is 1030. The largest absolute Gasteiger partial charge is 0.493 e. The van der Waals surface area contributed by atoms with E-state index >= 15 is 0 Å². The molecule has 1 fully saturated rings. The van der Waals surface area contributed by atoms with Gasteiger partial charge in [0.2, 0.25) is 0 Å². The van der Waals surface area contributed by atoms with Crippen LogP contribution in [0.3, 0.4) is 0 Å². The van der Waals surface area contributed by atoms with Crippen molar-refractivity contribution in [3.63, 3.8) is 0 Å². The first-order valence-electron chi connectivity index (χ1n) is 10.2. The van der Waals surface area contributed by atoms with Crippen LogP contribution in [-0.4, -0.2) is 42.7 Å². The Morgan fingerprint density at radius 1 is 1.10 bits per heavy atom. The number of nitriles is 1. The number of hydrogen-bond acceptors (Lipinski definition) is 7. The first-order valence-corrected chi connectivity index (χ1v) is 11.5. The number of hydrogen-bond donors (Lipinski definition) is 1. The van der Waals surface area contributed by atoms with E-state index in [0.29, 0.717) is 11.5 Å². The van der Waals surface area contributed by atoms with Crippen LogP contribution in [0, 0.1) is 17.2 Å². The lowest BCUT2D eigenvalue weighted by Crippen LogP contribution is -2.39. The number of nitrogens with zero attached hydrogens (tertiary/aromatic N) is 3. The molecular weight excluding hydrogens is 408 g/mol. The maximum Gasteiger partial charge on any atom is 0.161 e. The van der Waals surface area contributed by atoms with Gasteiger partial charge in [-0.1, -0.05) is 30.3 Å². The highest BCUT2D eigenvalue weighted by atomic mass is 32.2. The number of allylic oxidation sites excluding steroid dienone is 1. The van der Waals surface area contributed by atoms with Crippen LogP contribution in [0.15, 0.2) is 59.6 Å². The van der Waals surface area contributed by atoms with Gasteiger partial charge in [0.25, 0.3) is 0 Å². The number of rotatable bonds is 7. The van der Waals surface area contributed by atoms with Crippen molar-refractivity contribution in [3.05, 3.63) is 65.7 Å². The SMILES string of the molecule is COc1ccc(C2=CC(CCc3ccccc3)=NC3C(C#N)C(SC)NN23)cc1OC. The second-order valence-corrected chi connectivity index (χ2v) is 8.41.